The zero-order chi connectivity index (χ0) is 21.3. The van der Waals surface area contributed by atoms with Gasteiger partial charge in [0.25, 0.3) is 10.0 Å². The number of nitrogens with one attached hydrogen (secondary N) is 1. The Morgan fingerprint density at radius 3 is 2.11 bits per heavy atom. The second-order valence-electron chi connectivity index (χ2n) is 6.18. The minimum Gasteiger partial charge on any atom is -0.279 e. The van der Waals surface area contributed by atoms with Crippen LogP contribution in [0.1, 0.15) is 25.0 Å². The SMILES string of the molecule is CCN(CC)S(=O)(=O)c1cc(C)c(C)c(NS(=O)(=O)c2ccc(F)cc2F)c1. The molecule has 2 rings (SSSR count). The zero-order valence-electron chi connectivity index (χ0n) is 16.0. The van der Waals surface area contributed by atoms with E-state index in [0.717, 1.165) is 12.1 Å². The first-order valence-electron chi connectivity index (χ1n) is 8.53. The van der Waals surface area contributed by atoms with Crippen LogP contribution in [0.5, 0.6) is 0 Å². The van der Waals surface area contributed by atoms with Gasteiger partial charge in [-0.05, 0) is 49.2 Å². The molecule has 0 aliphatic carbocycles. The molecule has 1 N–H and O–H groups in total. The topological polar surface area (TPSA) is 83.6 Å². The van der Waals surface area contributed by atoms with Crippen LogP contribution in [0.15, 0.2) is 40.1 Å². The molecule has 28 heavy (non-hydrogen) atoms. The van der Waals surface area contributed by atoms with Crippen LogP contribution in [0.4, 0.5) is 14.5 Å². The van der Waals surface area contributed by atoms with E-state index in [2.05, 4.69) is 4.72 Å². The molecule has 2 aromatic rings. The lowest BCUT2D eigenvalue weighted by atomic mass is 10.1. The molecule has 0 unspecified atom stereocenters. The number of benzene rings is 2. The summed E-state index contributed by atoms with van der Waals surface area (Å²) < 4.78 is 81.2. The Labute approximate surface area is 164 Å². The summed E-state index contributed by atoms with van der Waals surface area (Å²) in [5.41, 5.74) is 1.05. The van der Waals surface area contributed by atoms with Gasteiger partial charge in [0.1, 0.15) is 16.5 Å². The molecule has 0 saturated heterocycles. The van der Waals surface area contributed by atoms with Crippen molar-refractivity contribution in [1.82, 2.24) is 4.31 Å². The first-order chi connectivity index (χ1) is 12.9. The maximum Gasteiger partial charge on any atom is 0.264 e. The van der Waals surface area contributed by atoms with Gasteiger partial charge < -0.3 is 0 Å². The maximum absolute atomic E-state index is 13.9. The highest BCUT2D eigenvalue weighted by atomic mass is 32.2. The fraction of sp³-hybridized carbons (Fsp3) is 0.333. The number of hydrogen-bond donors (Lipinski definition) is 1. The quantitative estimate of drug-likeness (QED) is 0.727. The molecule has 6 nitrogen and oxygen atoms in total. The van der Waals surface area contributed by atoms with Gasteiger partial charge in [-0.1, -0.05) is 13.8 Å². The number of rotatable bonds is 7. The number of anilines is 1. The van der Waals surface area contributed by atoms with Crippen LogP contribution in [0.2, 0.25) is 0 Å². The van der Waals surface area contributed by atoms with Crippen molar-refractivity contribution in [2.24, 2.45) is 0 Å². The first-order valence-corrected chi connectivity index (χ1v) is 11.5. The second kappa shape index (κ2) is 8.14. The van der Waals surface area contributed by atoms with Crippen molar-refractivity contribution in [3.63, 3.8) is 0 Å². The summed E-state index contributed by atoms with van der Waals surface area (Å²) in [6.07, 6.45) is 0. The minimum atomic E-state index is -4.39. The van der Waals surface area contributed by atoms with Gasteiger partial charge in [-0.25, -0.2) is 25.6 Å². The molecule has 0 aromatic heterocycles. The highest BCUT2D eigenvalue weighted by molar-refractivity contribution is 7.92. The Morgan fingerprint density at radius 2 is 1.57 bits per heavy atom. The highest BCUT2D eigenvalue weighted by Gasteiger charge is 2.25. The Kier molecular flexibility index (Phi) is 6.47. The Morgan fingerprint density at radius 1 is 0.964 bits per heavy atom. The second-order valence-corrected chi connectivity index (χ2v) is 9.77. The van der Waals surface area contributed by atoms with Gasteiger partial charge in [-0.15, -0.1) is 0 Å². The molecular formula is C18H22F2N2O4S2. The van der Waals surface area contributed by atoms with Crippen molar-refractivity contribution in [3.05, 3.63) is 53.1 Å². The van der Waals surface area contributed by atoms with Gasteiger partial charge in [-0.2, -0.15) is 4.31 Å². The van der Waals surface area contributed by atoms with Gasteiger partial charge in [0.15, 0.2) is 0 Å². The van der Waals surface area contributed by atoms with Crippen LogP contribution in [-0.4, -0.2) is 34.2 Å². The molecule has 2 aromatic carbocycles. The third-order valence-corrected chi connectivity index (χ3v) is 7.84. The Balaban J connectivity index is 2.56. The molecule has 0 aliphatic rings. The lowest BCUT2D eigenvalue weighted by Gasteiger charge is -2.20. The molecule has 0 atom stereocenters. The average Bonchev–Trinajstić information content (AvgIpc) is 2.58. The summed E-state index contributed by atoms with van der Waals surface area (Å²) in [5, 5.41) is 0. The molecule has 0 heterocycles. The summed E-state index contributed by atoms with van der Waals surface area (Å²) >= 11 is 0. The normalized spacial score (nSPS) is 12.4. The van der Waals surface area contributed by atoms with E-state index in [9.17, 15) is 25.6 Å². The number of halogens is 2. The van der Waals surface area contributed by atoms with Crippen LogP contribution in [-0.2, 0) is 20.0 Å². The standard InChI is InChI=1S/C18H22F2N2O4S2/c1-5-22(6-2)28(25,26)15-9-12(3)13(4)17(11-15)21-27(23,24)18-8-7-14(19)10-16(18)20/h7-11,21H,5-6H2,1-4H3. The van der Waals surface area contributed by atoms with E-state index >= 15 is 0 Å². The third-order valence-electron chi connectivity index (χ3n) is 4.41. The van der Waals surface area contributed by atoms with E-state index < -0.39 is 36.6 Å². The maximum atomic E-state index is 13.9. The van der Waals surface area contributed by atoms with Crippen LogP contribution in [0, 0.1) is 25.5 Å². The first kappa shape index (κ1) is 22.3. The van der Waals surface area contributed by atoms with Crippen LogP contribution in [0.25, 0.3) is 0 Å². The van der Waals surface area contributed by atoms with Gasteiger partial charge in [-0.3, -0.25) is 4.72 Å². The van der Waals surface area contributed by atoms with Crippen molar-refractivity contribution in [3.8, 4) is 0 Å². The fourth-order valence-corrected chi connectivity index (χ4v) is 5.43. The molecule has 0 aliphatic heterocycles. The summed E-state index contributed by atoms with van der Waals surface area (Å²) in [6.45, 7) is 7.17. The van der Waals surface area contributed by atoms with E-state index in [1.807, 2.05) is 0 Å². The van der Waals surface area contributed by atoms with Crippen molar-refractivity contribution in [2.75, 3.05) is 17.8 Å². The molecule has 10 heteroatoms. The van der Waals surface area contributed by atoms with E-state index in [0.29, 0.717) is 17.2 Å². The van der Waals surface area contributed by atoms with E-state index in [1.165, 1.54) is 16.4 Å². The lowest BCUT2D eigenvalue weighted by Crippen LogP contribution is -2.30. The minimum absolute atomic E-state index is 0.00876. The third kappa shape index (κ3) is 4.34. The van der Waals surface area contributed by atoms with Gasteiger partial charge in [0.05, 0.1) is 10.6 Å². The predicted molar refractivity (Wildman–Crippen MR) is 103 cm³/mol. The highest BCUT2D eigenvalue weighted by Crippen LogP contribution is 2.28. The smallest absolute Gasteiger partial charge is 0.264 e. The monoisotopic (exact) mass is 432 g/mol. The number of aryl methyl sites for hydroxylation is 1. The summed E-state index contributed by atoms with van der Waals surface area (Å²) in [4.78, 5) is -0.806. The van der Waals surface area contributed by atoms with Crippen molar-refractivity contribution < 1.29 is 25.6 Å². The zero-order valence-corrected chi connectivity index (χ0v) is 17.6. The molecule has 0 spiro atoms. The number of hydrogen-bond acceptors (Lipinski definition) is 4. The largest absolute Gasteiger partial charge is 0.279 e. The number of sulfonamides is 2. The predicted octanol–water partition coefficient (Wildman–Crippen LogP) is 3.41. The molecule has 154 valence electrons. The van der Waals surface area contributed by atoms with E-state index in [-0.39, 0.29) is 23.7 Å². The van der Waals surface area contributed by atoms with E-state index in [4.69, 9.17) is 0 Å². The fourth-order valence-electron chi connectivity index (χ4n) is 2.69. The lowest BCUT2D eigenvalue weighted by molar-refractivity contribution is 0.445. The van der Waals surface area contributed by atoms with Crippen molar-refractivity contribution >= 4 is 25.7 Å². The van der Waals surface area contributed by atoms with Gasteiger partial charge in [0, 0.05) is 19.2 Å². The molecule has 0 amide bonds. The van der Waals surface area contributed by atoms with Crippen LogP contribution < -0.4 is 4.72 Å². The molecule has 0 fully saturated rings. The summed E-state index contributed by atoms with van der Waals surface area (Å²) in [7, 11) is -8.22. The van der Waals surface area contributed by atoms with Crippen molar-refractivity contribution in [1.29, 1.82) is 0 Å². The van der Waals surface area contributed by atoms with Gasteiger partial charge >= 0.3 is 0 Å². The van der Waals surface area contributed by atoms with Gasteiger partial charge in [0.2, 0.25) is 10.0 Å². The Hall–Kier alpha value is -2.04. The molecule has 0 bridgehead atoms. The number of nitrogens with zero attached hydrogens (tertiary/aromatic N) is 1. The molecule has 0 saturated carbocycles. The average molecular weight is 433 g/mol. The molecular weight excluding hydrogens is 410 g/mol. The molecule has 0 radical (unpaired) electrons. The van der Waals surface area contributed by atoms with Crippen molar-refractivity contribution in [2.45, 2.75) is 37.5 Å². The van der Waals surface area contributed by atoms with E-state index in [1.54, 1.807) is 27.7 Å². The Bertz CT molecular complexity index is 1100. The summed E-state index contributed by atoms with van der Waals surface area (Å²) in [6, 6.07) is 4.77. The summed E-state index contributed by atoms with van der Waals surface area (Å²) in [5.74, 6) is -2.15. The van der Waals surface area contributed by atoms with Crippen LogP contribution in [0.3, 0.4) is 0 Å². The van der Waals surface area contributed by atoms with Crippen LogP contribution >= 0.6 is 0 Å².